The topological polar surface area (TPSA) is 38.7 Å². The van der Waals surface area contributed by atoms with Crippen LogP contribution in [0, 0.1) is 0 Å². The fraction of sp³-hybridized carbons (Fsp3) is 0. The zero-order valence-corrected chi connectivity index (χ0v) is 26.8. The Balaban J connectivity index is 1.11. The Morgan fingerprint density at radius 3 is 1.55 bits per heavy atom. The summed E-state index contributed by atoms with van der Waals surface area (Å²) in [6.07, 6.45) is 0. The van der Waals surface area contributed by atoms with Gasteiger partial charge >= 0.3 is 0 Å². The third kappa shape index (κ3) is 4.68. The fourth-order valence-corrected chi connectivity index (χ4v) is 8.00. The zero-order chi connectivity index (χ0) is 36.7. The molecule has 0 fully saturated rings. The van der Waals surface area contributed by atoms with Crippen LogP contribution < -0.4 is 0 Å². The van der Waals surface area contributed by atoms with Crippen LogP contribution in [0.5, 0.6) is 0 Å². The highest BCUT2D eigenvalue weighted by molar-refractivity contribution is 7.25. The van der Waals surface area contributed by atoms with Gasteiger partial charge in [-0.2, -0.15) is 0 Å². The molecule has 0 saturated heterocycles. The molecule has 0 atom stereocenters. The maximum atomic E-state index is 8.61. The van der Waals surface area contributed by atoms with Crippen molar-refractivity contribution in [2.45, 2.75) is 0 Å². The van der Waals surface area contributed by atoms with E-state index in [0.29, 0.717) is 11.6 Å². The van der Waals surface area contributed by atoms with E-state index in [1.54, 1.807) is 11.3 Å². The van der Waals surface area contributed by atoms with E-state index in [-0.39, 0.29) is 23.5 Å². The Hall–Kier alpha value is -6.23. The average molecular weight is 647 g/mol. The van der Waals surface area contributed by atoms with Gasteiger partial charge in [-0.05, 0) is 67.7 Å². The van der Waals surface area contributed by atoms with Crippen molar-refractivity contribution in [1.29, 1.82) is 0 Å². The molecule has 2 heterocycles. The second kappa shape index (κ2) is 11.2. The number of thiophene rings is 1. The molecule has 0 N–H and O–H groups in total. The Bertz CT molecular complexity index is 3120. The molecule has 49 heavy (non-hydrogen) atoms. The minimum absolute atomic E-state index is 0.0214. The number of hydrogen-bond acceptors (Lipinski definition) is 4. The van der Waals surface area contributed by atoms with Crippen molar-refractivity contribution in [3.63, 3.8) is 0 Å². The number of benzene rings is 8. The summed E-state index contributed by atoms with van der Waals surface area (Å²) in [6, 6.07) is 44.1. The van der Waals surface area contributed by atoms with Gasteiger partial charge in [0.05, 0.1) is 6.85 Å². The number of fused-ring (bicyclic) bond motifs is 9. The molecule has 8 aromatic carbocycles. The van der Waals surface area contributed by atoms with Gasteiger partial charge in [-0.25, -0.2) is 15.0 Å². The molecule has 4 heteroatoms. The maximum absolute atomic E-state index is 8.61. The monoisotopic (exact) mass is 646 g/mol. The molecule has 0 saturated carbocycles. The van der Waals surface area contributed by atoms with E-state index in [0.717, 1.165) is 42.4 Å². The highest BCUT2D eigenvalue weighted by Crippen LogP contribution is 2.41. The Morgan fingerprint density at radius 1 is 0.347 bits per heavy atom. The lowest BCUT2D eigenvalue weighted by molar-refractivity contribution is 1.07. The van der Waals surface area contributed by atoms with Crippen molar-refractivity contribution in [3.05, 3.63) is 164 Å². The second-order valence-corrected chi connectivity index (χ2v) is 13.1. The number of rotatable bonds is 4. The zero-order valence-electron chi connectivity index (χ0n) is 31.0. The maximum Gasteiger partial charge on any atom is 0.164 e. The Kier molecular flexibility index (Phi) is 5.29. The van der Waals surface area contributed by atoms with Gasteiger partial charge < -0.3 is 0 Å². The largest absolute Gasteiger partial charge is 0.208 e. The number of nitrogens with zero attached hydrogens (tertiary/aromatic N) is 3. The van der Waals surface area contributed by atoms with Crippen LogP contribution in [0.4, 0.5) is 0 Å². The van der Waals surface area contributed by atoms with Crippen molar-refractivity contribution in [2.75, 3.05) is 0 Å². The summed E-state index contributed by atoms with van der Waals surface area (Å²) < 4.78 is 44.0. The van der Waals surface area contributed by atoms with Crippen LogP contribution in [0.15, 0.2) is 164 Å². The molecule has 0 radical (unpaired) electrons. The van der Waals surface area contributed by atoms with E-state index in [1.165, 1.54) is 32.3 Å². The van der Waals surface area contributed by atoms with Gasteiger partial charge in [0, 0.05) is 36.9 Å². The second-order valence-electron chi connectivity index (χ2n) is 12.0. The molecule has 0 aliphatic heterocycles. The van der Waals surface area contributed by atoms with Crippen LogP contribution >= 0.6 is 11.3 Å². The minimum Gasteiger partial charge on any atom is -0.208 e. The van der Waals surface area contributed by atoms with Crippen molar-refractivity contribution < 1.29 is 6.85 Å². The van der Waals surface area contributed by atoms with Crippen LogP contribution in [0.25, 0.3) is 97.8 Å². The van der Waals surface area contributed by atoms with Gasteiger partial charge in [-0.3, -0.25) is 0 Å². The van der Waals surface area contributed by atoms with Crippen LogP contribution in [-0.4, -0.2) is 15.0 Å². The van der Waals surface area contributed by atoms with Crippen molar-refractivity contribution in [3.8, 4) is 45.3 Å². The molecular weight excluding hydrogens is 615 g/mol. The highest BCUT2D eigenvalue weighted by atomic mass is 32.1. The first-order valence-electron chi connectivity index (χ1n) is 18.5. The van der Waals surface area contributed by atoms with E-state index in [2.05, 4.69) is 102 Å². The molecule has 10 aromatic rings. The van der Waals surface area contributed by atoms with Crippen molar-refractivity contribution in [2.24, 2.45) is 0 Å². The van der Waals surface area contributed by atoms with Gasteiger partial charge in [0.1, 0.15) is 0 Å². The third-order valence-electron chi connectivity index (χ3n) is 9.20. The lowest BCUT2D eigenvalue weighted by Crippen LogP contribution is -1.99. The molecule has 228 valence electrons. The molecule has 0 aliphatic carbocycles. The lowest BCUT2D eigenvalue weighted by Gasteiger charge is -2.12. The highest BCUT2D eigenvalue weighted by Gasteiger charge is 2.15. The van der Waals surface area contributed by atoms with E-state index in [9.17, 15) is 0 Å². The summed E-state index contributed by atoms with van der Waals surface area (Å²) in [6.45, 7) is 0. The third-order valence-corrected chi connectivity index (χ3v) is 10.3. The van der Waals surface area contributed by atoms with Gasteiger partial charge in [0.25, 0.3) is 0 Å². The summed E-state index contributed by atoms with van der Waals surface area (Å²) in [5.41, 5.74) is 3.68. The normalized spacial score (nSPS) is 13.1. The lowest BCUT2D eigenvalue weighted by atomic mass is 9.92. The molecule has 0 bridgehead atoms. The quantitative estimate of drug-likeness (QED) is 0.179. The summed E-state index contributed by atoms with van der Waals surface area (Å²) in [5, 5.41) is 9.75. The summed E-state index contributed by atoms with van der Waals surface area (Å²) >= 11 is 1.69. The van der Waals surface area contributed by atoms with E-state index >= 15 is 0 Å². The van der Waals surface area contributed by atoms with Crippen LogP contribution in [0.3, 0.4) is 0 Å². The molecule has 0 spiro atoms. The van der Waals surface area contributed by atoms with Crippen LogP contribution in [0.1, 0.15) is 6.85 Å². The predicted octanol–water partition coefficient (Wildman–Crippen LogP) is 12.4. The van der Waals surface area contributed by atoms with Crippen LogP contribution in [0.2, 0.25) is 0 Å². The predicted molar refractivity (Wildman–Crippen MR) is 207 cm³/mol. The van der Waals surface area contributed by atoms with Crippen molar-refractivity contribution in [1.82, 2.24) is 15.0 Å². The van der Waals surface area contributed by atoms with E-state index < -0.39 is 18.1 Å². The molecule has 0 unspecified atom stereocenters. The summed E-state index contributed by atoms with van der Waals surface area (Å²) in [4.78, 5) is 14.2. The SMILES string of the molecule is [2H]c1c([2H])c([2H])c(-c2nc(-c3ccccc3)nc(-c3ccc4c(c3)sc3ccc(-c5ccc6c7ccccc7c7ccccc7c6c5)cc34)n2)c([2H])c1[2H]. The number of aromatic nitrogens is 3. The molecule has 3 nitrogen and oxygen atoms in total. The first-order valence-corrected chi connectivity index (χ1v) is 16.8. The van der Waals surface area contributed by atoms with Gasteiger partial charge in [-0.15, -0.1) is 11.3 Å². The molecule has 10 rings (SSSR count). The van der Waals surface area contributed by atoms with Gasteiger partial charge in [0.15, 0.2) is 17.5 Å². The first-order chi connectivity index (χ1) is 26.3. The Labute approximate surface area is 293 Å². The van der Waals surface area contributed by atoms with E-state index in [1.807, 2.05) is 36.4 Å². The molecule has 0 amide bonds. The fourth-order valence-electron chi connectivity index (χ4n) is 6.88. The molecular formula is C45H27N3S. The Morgan fingerprint density at radius 2 is 0.857 bits per heavy atom. The van der Waals surface area contributed by atoms with Gasteiger partial charge in [-0.1, -0.05) is 139 Å². The standard InChI is InChI=1S/C45H27N3S/c1-3-11-28(12-4-1)43-46-44(29-13-5-2-6-14-29)48-45(47-43)32-20-23-38-40-26-31(21-24-41(40)49-42(38)27-32)30-19-22-37-35-17-8-7-15-33(35)34-16-9-10-18-36(34)39(37)25-30/h1-27H/i1D,3D,4D,11D,12D. The molecule has 2 aromatic heterocycles. The summed E-state index contributed by atoms with van der Waals surface area (Å²) in [7, 11) is 0. The van der Waals surface area contributed by atoms with Crippen LogP contribution in [-0.2, 0) is 0 Å². The molecule has 0 aliphatic rings. The smallest absolute Gasteiger partial charge is 0.164 e. The van der Waals surface area contributed by atoms with Crippen molar-refractivity contribution >= 4 is 63.8 Å². The first kappa shape index (κ1) is 23.2. The van der Waals surface area contributed by atoms with Gasteiger partial charge in [0.2, 0.25) is 0 Å². The minimum atomic E-state index is -0.465. The summed E-state index contributed by atoms with van der Waals surface area (Å²) in [5.74, 6) is 0.717. The van der Waals surface area contributed by atoms with E-state index in [4.69, 9.17) is 16.8 Å². The average Bonchev–Trinajstić information content (AvgIpc) is 3.60. The number of hydrogen-bond donors (Lipinski definition) is 0.